The van der Waals surface area contributed by atoms with Gasteiger partial charge < -0.3 is 9.79 Å². The first-order chi connectivity index (χ1) is 5.87. The van der Waals surface area contributed by atoms with Crippen LogP contribution in [-0.4, -0.2) is 19.8 Å². The highest BCUT2D eigenvalue weighted by Crippen LogP contribution is 2.33. The molecule has 13 heavy (non-hydrogen) atoms. The van der Waals surface area contributed by atoms with E-state index in [1.807, 2.05) is 5.09 Å². The van der Waals surface area contributed by atoms with Gasteiger partial charge in [-0.25, -0.2) is 14.5 Å². The highest BCUT2D eigenvalue weighted by molar-refractivity contribution is 7.53. The fourth-order valence-electron chi connectivity index (χ4n) is 0.906. The molecule has 1 heterocycles. The molecule has 0 aromatic carbocycles. The Balaban J connectivity index is 2.96. The molecule has 1 aromatic rings. The molecule has 0 saturated carbocycles. The second-order valence-electron chi connectivity index (χ2n) is 2.63. The van der Waals surface area contributed by atoms with Crippen LogP contribution in [0.25, 0.3) is 0 Å². The smallest absolute Gasteiger partial charge is 0.308 e. The second kappa shape index (κ2) is 3.41. The zero-order valence-electron chi connectivity index (χ0n) is 7.22. The van der Waals surface area contributed by atoms with Gasteiger partial charge >= 0.3 is 7.75 Å². The third-order valence-corrected chi connectivity index (χ3v) is 1.72. The first-order valence-corrected chi connectivity index (χ1v) is 5.14. The van der Waals surface area contributed by atoms with E-state index in [2.05, 4.69) is 9.97 Å². The predicted molar refractivity (Wildman–Crippen MR) is 47.2 cm³/mol. The fraction of sp³-hybridized carbons (Fsp3) is 0.333. The molecule has 0 saturated heterocycles. The zero-order valence-corrected chi connectivity index (χ0v) is 8.12. The highest BCUT2D eigenvalue weighted by Gasteiger charge is 2.14. The standard InChI is InChI=1S/C6H10N3O3P/c1-4-3-5(2)8-6(7-4)9-13(10,11)12/h3H,1-2H3,(H3,7,8,9,10,11,12). The minimum atomic E-state index is -4.30. The Morgan fingerprint density at radius 3 is 2.15 bits per heavy atom. The summed E-state index contributed by atoms with van der Waals surface area (Å²) in [5, 5.41) is 1.91. The van der Waals surface area contributed by atoms with Gasteiger partial charge in [-0.2, -0.15) is 0 Å². The summed E-state index contributed by atoms with van der Waals surface area (Å²) in [7, 11) is -4.30. The SMILES string of the molecule is Cc1cc(C)nc(NP(=O)(O)O)n1. The topological polar surface area (TPSA) is 95.3 Å². The van der Waals surface area contributed by atoms with E-state index >= 15 is 0 Å². The van der Waals surface area contributed by atoms with Gasteiger partial charge in [-0.05, 0) is 19.9 Å². The molecule has 0 spiro atoms. The molecule has 1 aromatic heterocycles. The van der Waals surface area contributed by atoms with Crippen LogP contribution in [0.5, 0.6) is 0 Å². The highest BCUT2D eigenvalue weighted by atomic mass is 31.2. The molecule has 0 unspecified atom stereocenters. The molecule has 0 aliphatic heterocycles. The van der Waals surface area contributed by atoms with Gasteiger partial charge in [-0.1, -0.05) is 0 Å². The lowest BCUT2D eigenvalue weighted by molar-refractivity contribution is 0.380. The van der Waals surface area contributed by atoms with Crippen LogP contribution in [-0.2, 0) is 4.57 Å². The van der Waals surface area contributed by atoms with E-state index in [1.165, 1.54) is 0 Å². The largest absolute Gasteiger partial charge is 0.429 e. The van der Waals surface area contributed by atoms with Gasteiger partial charge in [0.2, 0.25) is 5.95 Å². The Labute approximate surface area is 75.3 Å². The zero-order chi connectivity index (χ0) is 10.1. The number of aryl methyl sites for hydroxylation is 2. The molecule has 0 fully saturated rings. The molecule has 7 heteroatoms. The van der Waals surface area contributed by atoms with E-state index < -0.39 is 7.75 Å². The summed E-state index contributed by atoms with van der Waals surface area (Å²) < 4.78 is 10.5. The summed E-state index contributed by atoms with van der Waals surface area (Å²) in [6, 6.07) is 1.71. The van der Waals surface area contributed by atoms with Crippen molar-refractivity contribution >= 4 is 13.7 Å². The quantitative estimate of drug-likeness (QED) is 0.609. The van der Waals surface area contributed by atoms with Crippen LogP contribution >= 0.6 is 7.75 Å². The van der Waals surface area contributed by atoms with E-state index in [4.69, 9.17) is 9.79 Å². The van der Waals surface area contributed by atoms with Crippen molar-refractivity contribution in [2.45, 2.75) is 13.8 Å². The van der Waals surface area contributed by atoms with Gasteiger partial charge in [0, 0.05) is 11.4 Å². The van der Waals surface area contributed by atoms with E-state index in [1.54, 1.807) is 19.9 Å². The number of hydrogen-bond donors (Lipinski definition) is 3. The van der Waals surface area contributed by atoms with Gasteiger partial charge in [0.15, 0.2) is 0 Å². The fourth-order valence-corrected chi connectivity index (χ4v) is 1.27. The first-order valence-electron chi connectivity index (χ1n) is 3.53. The number of rotatable bonds is 2. The van der Waals surface area contributed by atoms with Crippen LogP contribution in [0, 0.1) is 13.8 Å². The van der Waals surface area contributed by atoms with E-state index in [0.29, 0.717) is 11.4 Å². The maximum atomic E-state index is 10.5. The molecular weight excluding hydrogens is 193 g/mol. The summed E-state index contributed by atoms with van der Waals surface area (Å²) >= 11 is 0. The number of aromatic nitrogens is 2. The van der Waals surface area contributed by atoms with Crippen molar-refractivity contribution in [3.05, 3.63) is 17.5 Å². The van der Waals surface area contributed by atoms with Crippen molar-refractivity contribution < 1.29 is 14.4 Å². The third-order valence-electron chi connectivity index (χ3n) is 1.23. The maximum absolute atomic E-state index is 10.5. The Morgan fingerprint density at radius 1 is 1.31 bits per heavy atom. The Morgan fingerprint density at radius 2 is 1.77 bits per heavy atom. The Kier molecular flexibility index (Phi) is 2.66. The van der Waals surface area contributed by atoms with Crippen molar-refractivity contribution in [1.29, 1.82) is 0 Å². The average Bonchev–Trinajstić information content (AvgIpc) is 1.78. The lowest BCUT2D eigenvalue weighted by Crippen LogP contribution is -2.02. The number of anilines is 1. The minimum absolute atomic E-state index is 0.0502. The van der Waals surface area contributed by atoms with Gasteiger partial charge in [0.25, 0.3) is 0 Å². The molecule has 0 atom stereocenters. The Bertz CT molecular complexity index is 342. The lowest BCUT2D eigenvalue weighted by Gasteiger charge is -2.06. The minimum Gasteiger partial charge on any atom is -0.308 e. The first kappa shape index (κ1) is 10.1. The molecule has 1 rings (SSSR count). The molecule has 3 N–H and O–H groups in total. The van der Waals surface area contributed by atoms with Crippen LogP contribution in [0.15, 0.2) is 6.07 Å². The van der Waals surface area contributed by atoms with Crippen molar-refractivity contribution in [2.24, 2.45) is 0 Å². The van der Waals surface area contributed by atoms with Crippen LogP contribution in [0.3, 0.4) is 0 Å². The molecule has 0 radical (unpaired) electrons. The molecule has 0 aliphatic carbocycles. The predicted octanol–water partition coefficient (Wildman–Crippen LogP) is 0.598. The monoisotopic (exact) mass is 203 g/mol. The van der Waals surface area contributed by atoms with Gasteiger partial charge in [0.05, 0.1) is 0 Å². The van der Waals surface area contributed by atoms with Crippen LogP contribution in [0.1, 0.15) is 11.4 Å². The van der Waals surface area contributed by atoms with Crippen molar-refractivity contribution in [3.8, 4) is 0 Å². The lowest BCUT2D eigenvalue weighted by atomic mass is 10.4. The summed E-state index contributed by atoms with van der Waals surface area (Å²) in [6.07, 6.45) is 0. The Hall–Kier alpha value is -0.970. The summed E-state index contributed by atoms with van der Waals surface area (Å²) in [5.74, 6) is -0.0502. The van der Waals surface area contributed by atoms with Gasteiger partial charge in [0.1, 0.15) is 0 Å². The van der Waals surface area contributed by atoms with Crippen LogP contribution in [0.2, 0.25) is 0 Å². The molecule has 72 valence electrons. The average molecular weight is 203 g/mol. The van der Waals surface area contributed by atoms with E-state index in [9.17, 15) is 4.57 Å². The third kappa shape index (κ3) is 3.50. The summed E-state index contributed by atoms with van der Waals surface area (Å²) in [4.78, 5) is 24.8. The van der Waals surface area contributed by atoms with Crippen molar-refractivity contribution in [2.75, 3.05) is 5.09 Å². The molecule has 6 nitrogen and oxygen atoms in total. The number of hydrogen-bond acceptors (Lipinski definition) is 3. The maximum Gasteiger partial charge on any atom is 0.429 e. The molecule has 0 amide bonds. The molecular formula is C6H10N3O3P. The number of nitrogens with zero attached hydrogens (tertiary/aromatic N) is 2. The number of nitrogens with one attached hydrogen (secondary N) is 1. The van der Waals surface area contributed by atoms with Crippen molar-refractivity contribution in [3.63, 3.8) is 0 Å². The molecule has 0 aliphatic rings. The van der Waals surface area contributed by atoms with Gasteiger partial charge in [-0.3, -0.25) is 5.09 Å². The van der Waals surface area contributed by atoms with Crippen LogP contribution < -0.4 is 5.09 Å². The second-order valence-corrected chi connectivity index (χ2v) is 3.94. The summed E-state index contributed by atoms with van der Waals surface area (Å²) in [6.45, 7) is 3.44. The van der Waals surface area contributed by atoms with Crippen LogP contribution in [0.4, 0.5) is 5.95 Å². The summed E-state index contributed by atoms with van der Waals surface area (Å²) in [5.41, 5.74) is 1.31. The van der Waals surface area contributed by atoms with Gasteiger partial charge in [-0.15, -0.1) is 0 Å². The van der Waals surface area contributed by atoms with E-state index in [-0.39, 0.29) is 5.95 Å². The molecule has 0 bridgehead atoms. The van der Waals surface area contributed by atoms with Crippen molar-refractivity contribution in [1.82, 2.24) is 9.97 Å². The normalized spacial score (nSPS) is 11.4. The van der Waals surface area contributed by atoms with E-state index in [0.717, 1.165) is 0 Å².